The van der Waals surface area contributed by atoms with Gasteiger partial charge < -0.3 is 15.3 Å². The first kappa shape index (κ1) is 23.0. The molecule has 0 bridgehead atoms. The van der Waals surface area contributed by atoms with Crippen molar-refractivity contribution in [3.05, 3.63) is 76.1 Å². The molecule has 0 spiro atoms. The molecule has 0 amide bonds. The lowest BCUT2D eigenvalue weighted by Crippen LogP contribution is -2.33. The summed E-state index contributed by atoms with van der Waals surface area (Å²) in [6.45, 7) is 3.76. The summed E-state index contributed by atoms with van der Waals surface area (Å²) in [5, 5.41) is 14.3. The van der Waals surface area contributed by atoms with E-state index in [1.54, 1.807) is 18.7 Å². The van der Waals surface area contributed by atoms with Crippen molar-refractivity contribution >= 4 is 40.1 Å². The van der Waals surface area contributed by atoms with Gasteiger partial charge in [0.15, 0.2) is 5.82 Å². The van der Waals surface area contributed by atoms with Gasteiger partial charge >= 0.3 is 5.97 Å². The fourth-order valence-electron chi connectivity index (χ4n) is 5.89. The van der Waals surface area contributed by atoms with Crippen molar-refractivity contribution in [2.75, 3.05) is 18.9 Å². The van der Waals surface area contributed by atoms with E-state index < -0.39 is 11.9 Å². The van der Waals surface area contributed by atoms with E-state index in [-0.39, 0.29) is 0 Å². The van der Waals surface area contributed by atoms with E-state index >= 15 is 0 Å². The highest BCUT2D eigenvalue weighted by atomic mass is 35.5. The van der Waals surface area contributed by atoms with Crippen molar-refractivity contribution in [2.45, 2.75) is 44.6 Å². The van der Waals surface area contributed by atoms with E-state index in [4.69, 9.17) is 16.6 Å². The summed E-state index contributed by atoms with van der Waals surface area (Å²) in [4.78, 5) is 23.4. The topological polar surface area (TPSA) is 83.3 Å². The van der Waals surface area contributed by atoms with Crippen molar-refractivity contribution in [1.29, 1.82) is 0 Å². The number of likely N-dealkylation sites (N-methyl/N-ethyl adjacent to an activating group) is 1. The van der Waals surface area contributed by atoms with Crippen LogP contribution in [0.1, 0.15) is 53.9 Å². The normalized spacial score (nSPS) is 18.1. The van der Waals surface area contributed by atoms with Gasteiger partial charge in [-0.25, -0.2) is 4.98 Å². The number of nitrogens with zero attached hydrogens (tertiary/aromatic N) is 4. The lowest BCUT2D eigenvalue weighted by Gasteiger charge is -2.37. The van der Waals surface area contributed by atoms with Gasteiger partial charge in [-0.1, -0.05) is 29.8 Å². The van der Waals surface area contributed by atoms with E-state index in [0.29, 0.717) is 22.7 Å². The number of aromatic nitrogens is 3. The maximum atomic E-state index is 11.7. The second-order valence-electron chi connectivity index (χ2n) is 10.0. The summed E-state index contributed by atoms with van der Waals surface area (Å²) in [6.07, 6.45) is 6.99. The smallest absolute Gasteiger partial charge is 0.310 e. The zero-order valence-electron chi connectivity index (χ0n) is 20.3. The summed E-state index contributed by atoms with van der Waals surface area (Å²) >= 11 is 6.57. The minimum absolute atomic E-state index is 0.390. The van der Waals surface area contributed by atoms with Gasteiger partial charge in [0.05, 0.1) is 17.6 Å². The molecular formula is C28H28ClN5O2. The Morgan fingerprint density at radius 2 is 2.06 bits per heavy atom. The quantitative estimate of drug-likeness (QED) is 0.356. The molecule has 0 saturated heterocycles. The molecular weight excluding hydrogens is 474 g/mol. The minimum atomic E-state index is -0.877. The molecule has 1 aliphatic heterocycles. The van der Waals surface area contributed by atoms with Crippen LogP contribution in [0.2, 0.25) is 5.02 Å². The van der Waals surface area contributed by atoms with E-state index in [2.05, 4.69) is 34.4 Å². The lowest BCUT2D eigenvalue weighted by molar-refractivity contribution is -0.138. The van der Waals surface area contributed by atoms with E-state index in [1.165, 1.54) is 24.0 Å². The molecule has 36 heavy (non-hydrogen) atoms. The van der Waals surface area contributed by atoms with Crippen LogP contribution >= 0.6 is 11.6 Å². The Hall–Kier alpha value is -3.42. The second-order valence-corrected chi connectivity index (χ2v) is 10.4. The van der Waals surface area contributed by atoms with Crippen molar-refractivity contribution in [1.82, 2.24) is 19.4 Å². The number of para-hydroxylation sites is 1. The lowest BCUT2D eigenvalue weighted by atomic mass is 9.77. The third kappa shape index (κ3) is 3.92. The number of halogens is 1. The van der Waals surface area contributed by atoms with Gasteiger partial charge in [-0.2, -0.15) is 4.98 Å². The van der Waals surface area contributed by atoms with E-state index in [1.807, 2.05) is 35.0 Å². The largest absolute Gasteiger partial charge is 0.481 e. The Bertz CT molecular complexity index is 1500. The zero-order valence-corrected chi connectivity index (χ0v) is 21.1. The number of anilines is 2. The van der Waals surface area contributed by atoms with Crippen LogP contribution in [0.3, 0.4) is 0 Å². The van der Waals surface area contributed by atoms with Crippen LogP contribution in [-0.2, 0) is 17.8 Å². The maximum absolute atomic E-state index is 11.7. The van der Waals surface area contributed by atoms with Gasteiger partial charge in [-0.05, 0) is 79.6 Å². The number of carboxylic acid groups (broad SMARTS) is 1. The highest BCUT2D eigenvalue weighted by Gasteiger charge is 2.29. The number of benzene rings is 2. The number of aryl methyl sites for hydroxylation is 1. The molecule has 2 N–H and O–H groups in total. The molecule has 2 aliphatic rings. The molecule has 4 aromatic rings. The number of carboxylic acids is 1. The van der Waals surface area contributed by atoms with Crippen LogP contribution in [0.5, 0.6) is 0 Å². The summed E-state index contributed by atoms with van der Waals surface area (Å²) in [5.74, 6) is 0.0402. The number of fused-ring (bicyclic) bond motifs is 1. The summed E-state index contributed by atoms with van der Waals surface area (Å²) in [7, 11) is 2.19. The Kier molecular flexibility index (Phi) is 5.69. The number of nitrogens with one attached hydrogen (secondary N) is 1. The third-order valence-corrected chi connectivity index (χ3v) is 7.79. The monoisotopic (exact) mass is 501 g/mol. The van der Waals surface area contributed by atoms with Gasteiger partial charge in [0, 0.05) is 30.4 Å². The number of hydrogen-bond donors (Lipinski definition) is 2. The molecule has 184 valence electrons. The van der Waals surface area contributed by atoms with Gasteiger partial charge in [0.2, 0.25) is 5.95 Å². The zero-order chi connectivity index (χ0) is 25.0. The molecule has 8 heteroatoms. The number of carbonyl (C=O) groups is 1. The van der Waals surface area contributed by atoms with E-state index in [9.17, 15) is 9.90 Å². The third-order valence-electron chi connectivity index (χ3n) is 7.52. The summed E-state index contributed by atoms with van der Waals surface area (Å²) < 4.78 is 1.86. The first-order valence-electron chi connectivity index (χ1n) is 12.4. The van der Waals surface area contributed by atoms with Crippen molar-refractivity contribution in [2.24, 2.45) is 0 Å². The Labute approximate surface area is 214 Å². The number of aliphatic carboxylic acids is 1. The first-order chi connectivity index (χ1) is 17.4. The van der Waals surface area contributed by atoms with E-state index in [0.717, 1.165) is 41.7 Å². The molecule has 0 radical (unpaired) electrons. The Balaban J connectivity index is 1.40. The molecule has 0 fully saturated rings. The van der Waals surface area contributed by atoms with Gasteiger partial charge in [-0.15, -0.1) is 0 Å². The Morgan fingerprint density at radius 3 is 2.89 bits per heavy atom. The average Bonchev–Trinajstić information content (AvgIpc) is 3.24. The fraction of sp³-hybridized carbons (Fsp3) is 0.321. The minimum Gasteiger partial charge on any atom is -0.481 e. The highest BCUT2D eigenvalue weighted by molar-refractivity contribution is 6.32. The van der Waals surface area contributed by atoms with Crippen molar-refractivity contribution in [3.8, 4) is 5.82 Å². The number of rotatable bonds is 5. The molecule has 0 saturated carbocycles. The van der Waals surface area contributed by atoms with Gasteiger partial charge in [-0.3, -0.25) is 9.36 Å². The molecule has 1 aliphatic carbocycles. The van der Waals surface area contributed by atoms with Crippen LogP contribution < -0.4 is 5.32 Å². The predicted molar refractivity (Wildman–Crippen MR) is 142 cm³/mol. The molecule has 6 rings (SSSR count). The summed E-state index contributed by atoms with van der Waals surface area (Å²) in [6, 6.07) is 12.2. The Morgan fingerprint density at radius 1 is 1.25 bits per heavy atom. The van der Waals surface area contributed by atoms with Crippen molar-refractivity contribution in [3.63, 3.8) is 0 Å². The average molecular weight is 502 g/mol. The SMILES string of the molecule is CC(C(=O)O)c1cn(-c2nc(Nc3cc4c5c(c3)CN(C)CC5CCC4)ncc2Cl)c2ccccc12. The molecule has 3 heterocycles. The van der Waals surface area contributed by atoms with Crippen LogP contribution in [-0.4, -0.2) is 44.1 Å². The molecule has 2 aromatic carbocycles. The van der Waals surface area contributed by atoms with Crippen LogP contribution in [0.4, 0.5) is 11.6 Å². The fourth-order valence-corrected chi connectivity index (χ4v) is 6.07. The molecule has 2 unspecified atom stereocenters. The van der Waals surface area contributed by atoms with Gasteiger partial charge in [0.1, 0.15) is 5.02 Å². The van der Waals surface area contributed by atoms with Crippen LogP contribution in [0.15, 0.2) is 48.8 Å². The van der Waals surface area contributed by atoms with Gasteiger partial charge in [0.25, 0.3) is 0 Å². The van der Waals surface area contributed by atoms with Crippen LogP contribution in [0.25, 0.3) is 16.7 Å². The standard InChI is InChI=1S/C28H28ClN5O2/c1-16(27(35)36)22-15-34(24-9-4-3-8-21(22)24)26-23(29)12-30-28(32-26)31-20-10-17-6-5-7-18-13-33(2)14-19(11-20)25(17)18/h3-4,8-12,15-16,18H,5-7,13-14H2,1-2H3,(H,35,36)(H,30,31,32). The predicted octanol–water partition coefficient (Wildman–Crippen LogP) is 5.87. The molecule has 2 atom stereocenters. The second kappa shape index (κ2) is 8.91. The maximum Gasteiger partial charge on any atom is 0.310 e. The number of hydrogen-bond acceptors (Lipinski definition) is 5. The highest BCUT2D eigenvalue weighted by Crippen LogP contribution is 2.40. The summed E-state index contributed by atoms with van der Waals surface area (Å²) in [5.41, 5.74) is 6.89. The van der Waals surface area contributed by atoms with Crippen LogP contribution in [0, 0.1) is 0 Å². The molecule has 2 aromatic heterocycles. The van der Waals surface area contributed by atoms with Crippen molar-refractivity contribution < 1.29 is 9.90 Å². The first-order valence-corrected chi connectivity index (χ1v) is 12.7. The molecule has 7 nitrogen and oxygen atoms in total.